The summed E-state index contributed by atoms with van der Waals surface area (Å²) in [6.45, 7) is 2.36. The molecule has 0 spiro atoms. The van der Waals surface area contributed by atoms with Crippen molar-refractivity contribution in [3.63, 3.8) is 0 Å². The molecule has 8 nitrogen and oxygen atoms in total. The molecule has 1 aromatic carbocycles. The minimum Gasteiger partial charge on any atom is -0.454 e. The highest BCUT2D eigenvalue weighted by Crippen LogP contribution is 2.32. The summed E-state index contributed by atoms with van der Waals surface area (Å²) in [7, 11) is 0. The number of carbonyl (C=O) groups is 1. The molecule has 25 heavy (non-hydrogen) atoms. The second-order valence-electron chi connectivity index (χ2n) is 5.80. The number of hydrogen-bond donors (Lipinski definition) is 3. The average molecular weight is 345 g/mol. The van der Waals surface area contributed by atoms with Gasteiger partial charge in [-0.15, -0.1) is 0 Å². The summed E-state index contributed by atoms with van der Waals surface area (Å²) < 4.78 is 10.6. The van der Waals surface area contributed by atoms with Crippen LogP contribution in [0.2, 0.25) is 0 Å². The van der Waals surface area contributed by atoms with Crippen LogP contribution in [0, 0.1) is 6.92 Å². The lowest BCUT2D eigenvalue weighted by atomic mass is 10.1. The van der Waals surface area contributed by atoms with Crippen LogP contribution in [0.15, 0.2) is 27.8 Å². The molecule has 0 radical (unpaired) electrons. The molecule has 0 saturated carbocycles. The van der Waals surface area contributed by atoms with Crippen molar-refractivity contribution in [2.75, 3.05) is 13.3 Å². The SMILES string of the molecule is Cc1[nH]c(=O)[nH]c(=O)c1CCC(=O)NCCc1ccc2c(c1)OCO2. The lowest BCUT2D eigenvalue weighted by Crippen LogP contribution is -2.29. The summed E-state index contributed by atoms with van der Waals surface area (Å²) in [5, 5.41) is 2.82. The van der Waals surface area contributed by atoms with E-state index in [0.717, 1.165) is 17.1 Å². The highest BCUT2D eigenvalue weighted by Gasteiger charge is 2.13. The number of aromatic nitrogens is 2. The van der Waals surface area contributed by atoms with Gasteiger partial charge in [0, 0.05) is 24.2 Å². The summed E-state index contributed by atoms with van der Waals surface area (Å²) in [6, 6.07) is 5.69. The molecule has 0 saturated heterocycles. The standard InChI is InChI=1S/C17H19N3O5/c1-10-12(16(22)20-17(23)19-10)3-5-15(21)18-7-6-11-2-4-13-14(8-11)25-9-24-13/h2,4,8H,3,5-7,9H2,1H3,(H,18,21)(H2,19,20,22,23). The first-order valence-electron chi connectivity index (χ1n) is 8.00. The summed E-state index contributed by atoms with van der Waals surface area (Å²) in [5.74, 6) is 1.30. The van der Waals surface area contributed by atoms with Crippen molar-refractivity contribution in [2.24, 2.45) is 0 Å². The maximum atomic E-state index is 11.9. The summed E-state index contributed by atoms with van der Waals surface area (Å²) in [4.78, 5) is 39.5. The number of ether oxygens (including phenoxy) is 2. The molecule has 0 bridgehead atoms. The smallest absolute Gasteiger partial charge is 0.325 e. The Kier molecular flexibility index (Phi) is 4.87. The van der Waals surface area contributed by atoms with Gasteiger partial charge in [0.1, 0.15) is 0 Å². The summed E-state index contributed by atoms with van der Waals surface area (Å²) >= 11 is 0. The number of carbonyl (C=O) groups excluding carboxylic acids is 1. The normalized spacial score (nSPS) is 12.2. The number of fused-ring (bicyclic) bond motifs is 1. The molecule has 3 N–H and O–H groups in total. The fourth-order valence-electron chi connectivity index (χ4n) is 2.70. The number of amides is 1. The van der Waals surface area contributed by atoms with Crippen LogP contribution in [0.25, 0.3) is 0 Å². The number of nitrogens with one attached hydrogen (secondary N) is 3. The van der Waals surface area contributed by atoms with E-state index >= 15 is 0 Å². The first kappa shape index (κ1) is 16.8. The Labute approximate surface area is 143 Å². The van der Waals surface area contributed by atoms with Crippen LogP contribution in [0.4, 0.5) is 0 Å². The molecule has 132 valence electrons. The monoisotopic (exact) mass is 345 g/mol. The number of benzene rings is 1. The van der Waals surface area contributed by atoms with Crippen molar-refractivity contribution in [3.8, 4) is 11.5 Å². The molecular weight excluding hydrogens is 326 g/mol. The molecule has 1 aromatic heterocycles. The Morgan fingerprint density at radius 2 is 1.96 bits per heavy atom. The van der Waals surface area contributed by atoms with Crippen LogP contribution >= 0.6 is 0 Å². The molecule has 0 unspecified atom stereocenters. The van der Waals surface area contributed by atoms with Gasteiger partial charge in [-0.2, -0.15) is 0 Å². The van der Waals surface area contributed by atoms with Crippen LogP contribution < -0.4 is 26.0 Å². The number of hydrogen-bond acceptors (Lipinski definition) is 5. The van der Waals surface area contributed by atoms with E-state index < -0.39 is 11.2 Å². The molecule has 2 heterocycles. The third-order valence-corrected chi connectivity index (χ3v) is 4.03. The van der Waals surface area contributed by atoms with E-state index in [1.807, 2.05) is 18.2 Å². The van der Waals surface area contributed by atoms with Crippen LogP contribution in [0.1, 0.15) is 23.2 Å². The fraction of sp³-hybridized carbons (Fsp3) is 0.353. The molecule has 1 aliphatic heterocycles. The average Bonchev–Trinajstić information content (AvgIpc) is 3.01. The zero-order valence-corrected chi connectivity index (χ0v) is 13.8. The second-order valence-corrected chi connectivity index (χ2v) is 5.80. The zero-order valence-electron chi connectivity index (χ0n) is 13.8. The number of aryl methyl sites for hydroxylation is 1. The first-order chi connectivity index (χ1) is 12.0. The van der Waals surface area contributed by atoms with Crippen molar-refractivity contribution in [2.45, 2.75) is 26.2 Å². The molecule has 2 aromatic rings. The van der Waals surface area contributed by atoms with Gasteiger partial charge in [0.2, 0.25) is 12.7 Å². The van der Waals surface area contributed by atoms with Crippen molar-refractivity contribution in [1.29, 1.82) is 0 Å². The highest BCUT2D eigenvalue weighted by atomic mass is 16.7. The van der Waals surface area contributed by atoms with Gasteiger partial charge in [-0.25, -0.2) is 4.79 Å². The lowest BCUT2D eigenvalue weighted by molar-refractivity contribution is -0.121. The highest BCUT2D eigenvalue weighted by molar-refractivity contribution is 5.76. The Morgan fingerprint density at radius 1 is 1.16 bits per heavy atom. The topological polar surface area (TPSA) is 113 Å². The molecule has 1 amide bonds. The van der Waals surface area contributed by atoms with Gasteiger partial charge in [-0.05, 0) is 37.5 Å². The predicted octanol–water partition coefficient (Wildman–Crippen LogP) is 0.392. The summed E-state index contributed by atoms with van der Waals surface area (Å²) in [6.07, 6.45) is 1.12. The molecule has 0 aliphatic carbocycles. The third-order valence-electron chi connectivity index (χ3n) is 4.03. The largest absolute Gasteiger partial charge is 0.454 e. The van der Waals surface area contributed by atoms with E-state index in [1.54, 1.807) is 6.92 Å². The number of rotatable bonds is 6. The molecule has 0 atom stereocenters. The Balaban J connectivity index is 1.47. The predicted molar refractivity (Wildman–Crippen MR) is 90.0 cm³/mol. The van der Waals surface area contributed by atoms with E-state index in [1.165, 1.54) is 0 Å². The van der Waals surface area contributed by atoms with Crippen LogP contribution in [-0.4, -0.2) is 29.2 Å². The van der Waals surface area contributed by atoms with Gasteiger partial charge in [-0.3, -0.25) is 14.6 Å². The maximum absolute atomic E-state index is 11.9. The Hall–Kier alpha value is -3.03. The van der Waals surface area contributed by atoms with Crippen LogP contribution in [0.3, 0.4) is 0 Å². The van der Waals surface area contributed by atoms with Gasteiger partial charge in [-0.1, -0.05) is 6.07 Å². The summed E-state index contributed by atoms with van der Waals surface area (Å²) in [5.41, 5.74) is 0.957. The minimum absolute atomic E-state index is 0.147. The third kappa shape index (κ3) is 4.09. The van der Waals surface area contributed by atoms with E-state index in [2.05, 4.69) is 15.3 Å². The van der Waals surface area contributed by atoms with Crippen molar-refractivity contribution >= 4 is 5.91 Å². The zero-order chi connectivity index (χ0) is 17.8. The van der Waals surface area contributed by atoms with Crippen LogP contribution in [-0.2, 0) is 17.6 Å². The van der Waals surface area contributed by atoms with Gasteiger partial charge in [0.25, 0.3) is 5.56 Å². The molecule has 8 heteroatoms. The first-order valence-corrected chi connectivity index (χ1v) is 8.00. The lowest BCUT2D eigenvalue weighted by Gasteiger charge is -2.07. The number of aromatic amines is 2. The van der Waals surface area contributed by atoms with Crippen molar-refractivity contribution < 1.29 is 14.3 Å². The van der Waals surface area contributed by atoms with Crippen LogP contribution in [0.5, 0.6) is 11.5 Å². The second kappa shape index (κ2) is 7.25. The molecular formula is C17H19N3O5. The molecule has 1 aliphatic rings. The molecule has 0 fully saturated rings. The number of H-pyrrole nitrogens is 2. The van der Waals surface area contributed by atoms with E-state index in [-0.39, 0.29) is 25.5 Å². The van der Waals surface area contributed by atoms with Crippen molar-refractivity contribution in [3.05, 3.63) is 55.9 Å². The van der Waals surface area contributed by atoms with E-state index in [9.17, 15) is 14.4 Å². The Morgan fingerprint density at radius 3 is 2.76 bits per heavy atom. The Bertz CT molecular complexity index is 900. The van der Waals surface area contributed by atoms with E-state index in [4.69, 9.17) is 9.47 Å². The molecule has 3 rings (SSSR count). The minimum atomic E-state index is -0.542. The van der Waals surface area contributed by atoms with Gasteiger partial charge < -0.3 is 19.8 Å². The van der Waals surface area contributed by atoms with Crippen molar-refractivity contribution in [1.82, 2.24) is 15.3 Å². The van der Waals surface area contributed by atoms with Gasteiger partial charge in [0.05, 0.1) is 0 Å². The quantitative estimate of drug-likeness (QED) is 0.701. The maximum Gasteiger partial charge on any atom is 0.325 e. The van der Waals surface area contributed by atoms with Gasteiger partial charge >= 0.3 is 5.69 Å². The van der Waals surface area contributed by atoms with Gasteiger partial charge in [0.15, 0.2) is 11.5 Å². The fourth-order valence-corrected chi connectivity index (χ4v) is 2.70. The van der Waals surface area contributed by atoms with E-state index in [0.29, 0.717) is 24.2 Å².